The molecule has 0 aromatic heterocycles. The zero-order chi connectivity index (χ0) is 19.2. The Kier molecular flexibility index (Phi) is 7.51. The van der Waals surface area contributed by atoms with Crippen molar-refractivity contribution in [3.8, 4) is 0 Å². The highest BCUT2D eigenvalue weighted by molar-refractivity contribution is 6.30. The average molecular weight is 379 g/mol. The summed E-state index contributed by atoms with van der Waals surface area (Å²) in [6.07, 6.45) is 6.06. The third-order valence-corrected chi connectivity index (χ3v) is 5.84. The first-order chi connectivity index (χ1) is 12.4. The van der Waals surface area contributed by atoms with E-state index in [9.17, 15) is 9.59 Å². The standard InChI is InChI=1S/C21H31ClN2O2/c1-4-21(5-2,17-10-12-18(22)13-11-17)24-19(25)14-15(3)23-20(26)16-8-6-7-9-16/h10-13,15-16H,4-9,14H2,1-3H3,(H,23,26)(H,24,25). The summed E-state index contributed by atoms with van der Waals surface area (Å²) >= 11 is 6.00. The monoisotopic (exact) mass is 378 g/mol. The Bertz CT molecular complexity index is 605. The molecule has 1 aliphatic carbocycles. The molecule has 2 amide bonds. The van der Waals surface area contributed by atoms with E-state index in [1.165, 1.54) is 0 Å². The lowest BCUT2D eigenvalue weighted by Gasteiger charge is -2.34. The summed E-state index contributed by atoms with van der Waals surface area (Å²) in [4.78, 5) is 24.9. The van der Waals surface area contributed by atoms with Gasteiger partial charge in [-0.3, -0.25) is 9.59 Å². The van der Waals surface area contributed by atoms with Crippen LogP contribution in [0.15, 0.2) is 24.3 Å². The number of benzene rings is 1. The van der Waals surface area contributed by atoms with Gasteiger partial charge in [-0.15, -0.1) is 0 Å². The summed E-state index contributed by atoms with van der Waals surface area (Å²) in [5.74, 6) is 0.181. The van der Waals surface area contributed by atoms with Crippen LogP contribution in [0.3, 0.4) is 0 Å². The minimum absolute atomic E-state index is 0.0390. The topological polar surface area (TPSA) is 58.2 Å². The molecule has 1 unspecified atom stereocenters. The molecular weight excluding hydrogens is 348 g/mol. The molecule has 26 heavy (non-hydrogen) atoms. The van der Waals surface area contributed by atoms with Crippen LogP contribution in [0, 0.1) is 5.92 Å². The Labute approximate surface area is 162 Å². The van der Waals surface area contributed by atoms with E-state index in [1.807, 2.05) is 31.2 Å². The molecule has 0 radical (unpaired) electrons. The molecule has 5 heteroatoms. The van der Waals surface area contributed by atoms with Gasteiger partial charge in [0.05, 0.1) is 5.54 Å². The molecule has 144 valence electrons. The Morgan fingerprint density at radius 1 is 1.15 bits per heavy atom. The van der Waals surface area contributed by atoms with E-state index in [2.05, 4.69) is 24.5 Å². The van der Waals surface area contributed by atoms with Gasteiger partial charge in [0.2, 0.25) is 11.8 Å². The van der Waals surface area contributed by atoms with Crippen molar-refractivity contribution in [3.63, 3.8) is 0 Å². The van der Waals surface area contributed by atoms with Crippen LogP contribution in [0.25, 0.3) is 0 Å². The molecule has 0 saturated heterocycles. The van der Waals surface area contributed by atoms with Gasteiger partial charge in [-0.25, -0.2) is 0 Å². The van der Waals surface area contributed by atoms with Gasteiger partial charge in [0, 0.05) is 23.4 Å². The number of hydrogen-bond donors (Lipinski definition) is 2. The largest absolute Gasteiger partial charge is 0.353 e. The molecule has 1 fully saturated rings. The predicted octanol–water partition coefficient (Wildman–Crippen LogP) is 4.56. The van der Waals surface area contributed by atoms with Gasteiger partial charge < -0.3 is 10.6 Å². The molecule has 1 atom stereocenters. The third-order valence-electron chi connectivity index (χ3n) is 5.59. The fourth-order valence-electron chi connectivity index (χ4n) is 3.87. The molecule has 0 heterocycles. The molecule has 1 aliphatic rings. The Balaban J connectivity index is 1.96. The van der Waals surface area contributed by atoms with Crippen LogP contribution in [0.1, 0.15) is 71.3 Å². The molecule has 2 rings (SSSR count). The van der Waals surface area contributed by atoms with Crippen LogP contribution in [-0.2, 0) is 15.1 Å². The number of rotatable bonds is 8. The van der Waals surface area contributed by atoms with Gasteiger partial charge in [-0.2, -0.15) is 0 Å². The van der Waals surface area contributed by atoms with Gasteiger partial charge in [0.25, 0.3) is 0 Å². The summed E-state index contributed by atoms with van der Waals surface area (Å²) < 4.78 is 0. The number of halogens is 1. The van der Waals surface area contributed by atoms with Crippen molar-refractivity contribution in [2.24, 2.45) is 5.92 Å². The van der Waals surface area contributed by atoms with Crippen LogP contribution in [0.2, 0.25) is 5.02 Å². The SMILES string of the molecule is CCC(CC)(NC(=O)CC(C)NC(=O)C1CCCC1)c1ccc(Cl)cc1. The molecule has 1 aromatic rings. The van der Waals surface area contributed by atoms with E-state index in [1.54, 1.807) is 0 Å². The fourth-order valence-corrected chi connectivity index (χ4v) is 4.00. The molecule has 1 aromatic carbocycles. The molecule has 2 N–H and O–H groups in total. The number of amides is 2. The van der Waals surface area contributed by atoms with E-state index in [4.69, 9.17) is 11.6 Å². The highest BCUT2D eigenvalue weighted by atomic mass is 35.5. The maximum Gasteiger partial charge on any atom is 0.223 e. The molecule has 0 bridgehead atoms. The van der Waals surface area contributed by atoms with Crippen LogP contribution < -0.4 is 10.6 Å². The second-order valence-electron chi connectivity index (χ2n) is 7.44. The quantitative estimate of drug-likeness (QED) is 0.696. The van der Waals surface area contributed by atoms with Crippen molar-refractivity contribution in [2.45, 2.75) is 77.3 Å². The van der Waals surface area contributed by atoms with Crippen molar-refractivity contribution in [1.29, 1.82) is 0 Å². The smallest absolute Gasteiger partial charge is 0.223 e. The summed E-state index contributed by atoms with van der Waals surface area (Å²) in [6, 6.07) is 7.49. The number of carbonyl (C=O) groups excluding carboxylic acids is 2. The first-order valence-electron chi connectivity index (χ1n) is 9.77. The van der Waals surface area contributed by atoms with E-state index in [0.717, 1.165) is 44.1 Å². The fraction of sp³-hybridized carbons (Fsp3) is 0.619. The zero-order valence-electron chi connectivity index (χ0n) is 16.1. The van der Waals surface area contributed by atoms with Gasteiger partial charge in [0.1, 0.15) is 0 Å². The van der Waals surface area contributed by atoms with Crippen molar-refractivity contribution >= 4 is 23.4 Å². The Hall–Kier alpha value is -1.55. The van der Waals surface area contributed by atoms with Gasteiger partial charge in [0.15, 0.2) is 0 Å². The van der Waals surface area contributed by atoms with E-state index >= 15 is 0 Å². The zero-order valence-corrected chi connectivity index (χ0v) is 16.9. The highest BCUT2D eigenvalue weighted by Gasteiger charge is 2.31. The van der Waals surface area contributed by atoms with Crippen molar-refractivity contribution in [2.75, 3.05) is 0 Å². The van der Waals surface area contributed by atoms with Crippen LogP contribution in [-0.4, -0.2) is 17.9 Å². The molecule has 0 spiro atoms. The summed E-state index contributed by atoms with van der Waals surface area (Å²) in [5, 5.41) is 6.90. The summed E-state index contributed by atoms with van der Waals surface area (Å²) in [5.41, 5.74) is 0.652. The number of nitrogens with one attached hydrogen (secondary N) is 2. The van der Waals surface area contributed by atoms with E-state index in [-0.39, 0.29) is 30.2 Å². The Morgan fingerprint density at radius 2 is 1.73 bits per heavy atom. The first-order valence-corrected chi connectivity index (χ1v) is 10.2. The van der Waals surface area contributed by atoms with Crippen LogP contribution in [0.4, 0.5) is 0 Å². The van der Waals surface area contributed by atoms with Crippen molar-refractivity contribution in [3.05, 3.63) is 34.9 Å². The lowest BCUT2D eigenvalue weighted by atomic mass is 9.84. The van der Waals surface area contributed by atoms with Gasteiger partial charge in [-0.05, 0) is 50.3 Å². The minimum atomic E-state index is -0.406. The lowest BCUT2D eigenvalue weighted by Crippen LogP contribution is -2.47. The third kappa shape index (κ3) is 5.23. The van der Waals surface area contributed by atoms with Crippen LogP contribution in [0.5, 0.6) is 0 Å². The van der Waals surface area contributed by atoms with Gasteiger partial charge in [-0.1, -0.05) is 50.4 Å². The van der Waals surface area contributed by atoms with Crippen LogP contribution >= 0.6 is 11.6 Å². The maximum absolute atomic E-state index is 12.6. The second-order valence-corrected chi connectivity index (χ2v) is 7.88. The molecule has 1 saturated carbocycles. The molecule has 0 aliphatic heterocycles. The van der Waals surface area contributed by atoms with E-state index in [0.29, 0.717) is 5.02 Å². The van der Waals surface area contributed by atoms with E-state index < -0.39 is 5.54 Å². The first kappa shape index (κ1) is 20.8. The number of carbonyl (C=O) groups is 2. The summed E-state index contributed by atoms with van der Waals surface area (Å²) in [6.45, 7) is 6.04. The Morgan fingerprint density at radius 3 is 2.27 bits per heavy atom. The van der Waals surface area contributed by atoms with Gasteiger partial charge >= 0.3 is 0 Å². The summed E-state index contributed by atoms with van der Waals surface area (Å²) in [7, 11) is 0. The minimum Gasteiger partial charge on any atom is -0.353 e. The molecular formula is C21H31ClN2O2. The average Bonchev–Trinajstić information content (AvgIpc) is 3.15. The number of hydrogen-bond acceptors (Lipinski definition) is 2. The molecule has 4 nitrogen and oxygen atoms in total. The normalized spacial score (nSPS) is 16.3. The highest BCUT2D eigenvalue weighted by Crippen LogP contribution is 2.30. The lowest BCUT2D eigenvalue weighted by molar-refractivity contribution is -0.126. The van der Waals surface area contributed by atoms with Crippen molar-refractivity contribution in [1.82, 2.24) is 10.6 Å². The predicted molar refractivity (Wildman–Crippen MR) is 106 cm³/mol. The maximum atomic E-state index is 12.6. The second kappa shape index (κ2) is 9.40. The van der Waals surface area contributed by atoms with Crippen molar-refractivity contribution < 1.29 is 9.59 Å².